The molecule has 0 aliphatic heterocycles. The summed E-state index contributed by atoms with van der Waals surface area (Å²) in [6, 6.07) is 11.0. The van der Waals surface area contributed by atoms with Crippen LogP contribution in [0.15, 0.2) is 42.5 Å². The molecule has 0 unspecified atom stereocenters. The van der Waals surface area contributed by atoms with Crippen LogP contribution in [0.5, 0.6) is 17.2 Å². The van der Waals surface area contributed by atoms with E-state index in [4.69, 9.17) is 26.8 Å². The Balaban J connectivity index is 2.11. The van der Waals surface area contributed by atoms with Crippen molar-refractivity contribution in [3.05, 3.63) is 53.3 Å². The highest BCUT2D eigenvalue weighted by Gasteiger charge is 2.12. The molecular formula is C18H21ClFNO2. The Kier molecular flexibility index (Phi) is 6.25. The van der Waals surface area contributed by atoms with Gasteiger partial charge >= 0.3 is 0 Å². The molecule has 0 aromatic heterocycles. The minimum absolute atomic E-state index is 0.0842. The van der Waals surface area contributed by atoms with Crippen LogP contribution < -0.4 is 15.2 Å². The predicted molar refractivity (Wildman–Crippen MR) is 90.9 cm³/mol. The summed E-state index contributed by atoms with van der Waals surface area (Å²) in [4.78, 5) is 0. The maximum Gasteiger partial charge on any atom is 0.172 e. The van der Waals surface area contributed by atoms with Crippen LogP contribution in [-0.2, 0) is 0 Å². The Hall–Kier alpha value is -1.78. The number of halogens is 2. The van der Waals surface area contributed by atoms with Crippen LogP contribution in [0.2, 0.25) is 5.02 Å². The summed E-state index contributed by atoms with van der Waals surface area (Å²) in [6.45, 7) is 4.55. The molecule has 2 aromatic rings. The van der Waals surface area contributed by atoms with Gasteiger partial charge in [0.1, 0.15) is 18.2 Å². The first-order valence-corrected chi connectivity index (χ1v) is 7.93. The summed E-state index contributed by atoms with van der Waals surface area (Å²) < 4.78 is 24.9. The van der Waals surface area contributed by atoms with E-state index in [0.29, 0.717) is 34.8 Å². The standard InChI is InChI=1S/C18H21ClFNO2/c1-12(2)8-15(21)11-22-17-7-6-14(20)10-18(17)23-16-5-3-4-13(19)9-16/h3-7,9-10,12,15H,8,11,21H2,1-2H3/t15-/m1/s1. The van der Waals surface area contributed by atoms with E-state index in [9.17, 15) is 4.39 Å². The molecule has 0 saturated carbocycles. The first-order valence-electron chi connectivity index (χ1n) is 7.55. The lowest BCUT2D eigenvalue weighted by Crippen LogP contribution is -2.29. The largest absolute Gasteiger partial charge is 0.488 e. The highest BCUT2D eigenvalue weighted by molar-refractivity contribution is 6.30. The van der Waals surface area contributed by atoms with Crippen LogP contribution in [0.25, 0.3) is 0 Å². The van der Waals surface area contributed by atoms with Crippen LogP contribution >= 0.6 is 11.6 Å². The number of nitrogens with two attached hydrogens (primary N) is 1. The smallest absolute Gasteiger partial charge is 0.172 e. The van der Waals surface area contributed by atoms with Crippen molar-refractivity contribution in [2.24, 2.45) is 11.7 Å². The number of ether oxygens (including phenoxy) is 2. The molecule has 0 bridgehead atoms. The second kappa shape index (κ2) is 8.18. The van der Waals surface area contributed by atoms with Crippen molar-refractivity contribution in [1.29, 1.82) is 0 Å². The molecule has 0 aliphatic rings. The van der Waals surface area contributed by atoms with E-state index in [-0.39, 0.29) is 6.04 Å². The van der Waals surface area contributed by atoms with Gasteiger partial charge in [0.05, 0.1) is 0 Å². The van der Waals surface area contributed by atoms with Crippen LogP contribution in [0.1, 0.15) is 20.3 Å². The first kappa shape index (κ1) is 17.6. The molecule has 0 heterocycles. The third-order valence-corrected chi connectivity index (χ3v) is 3.39. The zero-order chi connectivity index (χ0) is 16.8. The second-order valence-corrected chi connectivity index (χ2v) is 6.29. The van der Waals surface area contributed by atoms with Gasteiger partial charge in [-0.05, 0) is 42.7 Å². The quantitative estimate of drug-likeness (QED) is 0.771. The molecule has 0 radical (unpaired) electrons. The lowest BCUT2D eigenvalue weighted by molar-refractivity contribution is 0.261. The van der Waals surface area contributed by atoms with Gasteiger partial charge in [-0.3, -0.25) is 0 Å². The number of hydrogen-bond donors (Lipinski definition) is 1. The number of benzene rings is 2. The Morgan fingerprint density at radius 3 is 2.61 bits per heavy atom. The topological polar surface area (TPSA) is 44.5 Å². The summed E-state index contributed by atoms with van der Waals surface area (Å²) in [7, 11) is 0. The van der Waals surface area contributed by atoms with E-state index in [0.717, 1.165) is 6.42 Å². The summed E-state index contributed by atoms with van der Waals surface area (Å²) in [6.07, 6.45) is 0.853. The maximum absolute atomic E-state index is 13.5. The molecule has 23 heavy (non-hydrogen) atoms. The molecule has 0 aliphatic carbocycles. The third-order valence-electron chi connectivity index (χ3n) is 3.16. The van der Waals surface area contributed by atoms with Gasteiger partial charge < -0.3 is 15.2 Å². The van der Waals surface area contributed by atoms with Gasteiger partial charge in [-0.1, -0.05) is 31.5 Å². The number of hydrogen-bond acceptors (Lipinski definition) is 3. The molecule has 2 N–H and O–H groups in total. The van der Waals surface area contributed by atoms with Crippen molar-refractivity contribution < 1.29 is 13.9 Å². The van der Waals surface area contributed by atoms with Crippen LogP contribution in [0.4, 0.5) is 4.39 Å². The van der Waals surface area contributed by atoms with Gasteiger partial charge in [0.2, 0.25) is 0 Å². The molecule has 0 spiro atoms. The van der Waals surface area contributed by atoms with Gasteiger partial charge in [0.15, 0.2) is 11.5 Å². The molecule has 5 heteroatoms. The van der Waals surface area contributed by atoms with E-state index >= 15 is 0 Å². The van der Waals surface area contributed by atoms with E-state index in [1.165, 1.54) is 18.2 Å². The molecule has 124 valence electrons. The van der Waals surface area contributed by atoms with Gasteiger partial charge in [-0.2, -0.15) is 0 Å². The first-order chi connectivity index (χ1) is 10.9. The number of rotatable bonds is 7. The molecule has 1 atom stereocenters. The molecular weight excluding hydrogens is 317 g/mol. The summed E-state index contributed by atoms with van der Waals surface area (Å²) in [5.41, 5.74) is 6.02. The Labute approximate surface area is 141 Å². The molecule has 0 amide bonds. The average Bonchev–Trinajstić information content (AvgIpc) is 2.45. The van der Waals surface area contributed by atoms with E-state index in [2.05, 4.69) is 13.8 Å². The lowest BCUT2D eigenvalue weighted by Gasteiger charge is -2.17. The zero-order valence-corrected chi connectivity index (χ0v) is 14.0. The average molecular weight is 338 g/mol. The van der Waals surface area contributed by atoms with Crippen LogP contribution in [0, 0.1) is 11.7 Å². The van der Waals surface area contributed by atoms with E-state index in [1.807, 2.05) is 0 Å². The fourth-order valence-corrected chi connectivity index (χ4v) is 2.39. The van der Waals surface area contributed by atoms with Gasteiger partial charge in [0.25, 0.3) is 0 Å². The molecule has 2 aromatic carbocycles. The second-order valence-electron chi connectivity index (χ2n) is 5.85. The van der Waals surface area contributed by atoms with E-state index in [1.54, 1.807) is 24.3 Å². The minimum atomic E-state index is -0.402. The Morgan fingerprint density at radius 1 is 1.13 bits per heavy atom. The predicted octanol–water partition coefficient (Wildman–Crippen LogP) is 5.02. The van der Waals surface area contributed by atoms with Crippen molar-refractivity contribution in [2.45, 2.75) is 26.3 Å². The third kappa shape index (κ3) is 5.73. The minimum Gasteiger partial charge on any atom is -0.488 e. The Bertz CT molecular complexity index is 649. The maximum atomic E-state index is 13.5. The van der Waals surface area contributed by atoms with Crippen LogP contribution in [-0.4, -0.2) is 12.6 Å². The fourth-order valence-electron chi connectivity index (χ4n) is 2.21. The molecule has 2 rings (SSSR count). The zero-order valence-electron chi connectivity index (χ0n) is 13.3. The molecule has 0 fully saturated rings. The van der Waals surface area contributed by atoms with Crippen LogP contribution in [0.3, 0.4) is 0 Å². The Morgan fingerprint density at radius 2 is 1.91 bits per heavy atom. The van der Waals surface area contributed by atoms with Crippen molar-refractivity contribution in [1.82, 2.24) is 0 Å². The van der Waals surface area contributed by atoms with Gasteiger partial charge in [-0.15, -0.1) is 0 Å². The summed E-state index contributed by atoms with van der Waals surface area (Å²) in [5, 5.41) is 0.542. The van der Waals surface area contributed by atoms with Crippen molar-refractivity contribution in [3.63, 3.8) is 0 Å². The van der Waals surface area contributed by atoms with Gasteiger partial charge in [0, 0.05) is 17.1 Å². The fraction of sp³-hybridized carbons (Fsp3) is 0.333. The normalized spacial score (nSPS) is 12.3. The van der Waals surface area contributed by atoms with Crippen molar-refractivity contribution in [3.8, 4) is 17.2 Å². The molecule has 3 nitrogen and oxygen atoms in total. The highest BCUT2D eigenvalue weighted by Crippen LogP contribution is 2.33. The monoisotopic (exact) mass is 337 g/mol. The van der Waals surface area contributed by atoms with Crippen molar-refractivity contribution >= 4 is 11.6 Å². The summed E-state index contributed by atoms with van der Waals surface area (Å²) >= 11 is 5.93. The van der Waals surface area contributed by atoms with Crippen molar-refractivity contribution in [2.75, 3.05) is 6.61 Å². The summed E-state index contributed by atoms with van der Waals surface area (Å²) in [5.74, 6) is 1.35. The van der Waals surface area contributed by atoms with Gasteiger partial charge in [-0.25, -0.2) is 4.39 Å². The SMILES string of the molecule is CC(C)C[C@@H](N)COc1ccc(F)cc1Oc1cccc(Cl)c1. The molecule has 0 saturated heterocycles. The highest BCUT2D eigenvalue weighted by atomic mass is 35.5. The van der Waals surface area contributed by atoms with E-state index < -0.39 is 5.82 Å². The lowest BCUT2D eigenvalue weighted by atomic mass is 10.1.